The largest absolute Gasteiger partial charge is 0.432 e. The summed E-state index contributed by atoms with van der Waals surface area (Å²) in [6.45, 7) is 2.25. The SMILES string of the molecule is CCC[C@H](NC(=O)[C@@H]1CCCN2C(=O)CC[C@H](NC)C(=O)N12)C(=O)c1nc2cc(Cl)cc(Cl)c2o1. The number of amides is 3. The molecular weight excluding hydrogens is 497 g/mol. The van der Waals surface area contributed by atoms with Gasteiger partial charge < -0.3 is 15.1 Å². The average Bonchev–Trinajstić information content (AvgIpc) is 3.22. The third-order valence-electron chi connectivity index (χ3n) is 6.34. The Morgan fingerprint density at radius 3 is 2.74 bits per heavy atom. The Hall–Kier alpha value is -2.69. The monoisotopic (exact) mass is 523 g/mol. The molecule has 12 heteroatoms. The number of carbonyl (C=O) groups excluding carboxylic acids is 4. The van der Waals surface area contributed by atoms with Gasteiger partial charge in [0.05, 0.1) is 17.1 Å². The molecule has 1 aromatic heterocycles. The van der Waals surface area contributed by atoms with Gasteiger partial charge in [0.15, 0.2) is 5.58 Å². The molecule has 0 unspecified atom stereocenters. The smallest absolute Gasteiger partial charge is 0.266 e. The van der Waals surface area contributed by atoms with Crippen LogP contribution in [0.25, 0.3) is 11.1 Å². The molecule has 2 saturated heterocycles. The number of oxazole rings is 1. The fraction of sp³-hybridized carbons (Fsp3) is 0.522. The first-order valence-electron chi connectivity index (χ1n) is 11.7. The van der Waals surface area contributed by atoms with Gasteiger partial charge in [-0.05, 0) is 44.9 Å². The van der Waals surface area contributed by atoms with Gasteiger partial charge in [0.25, 0.3) is 11.8 Å². The standard InChI is InChI=1S/C23H27Cl2N5O5/c1-3-5-14(19(32)22-28-16-11-12(24)10-13(25)20(16)35-22)27-21(33)17-6-4-9-29-18(31)8-7-15(26-2)23(34)30(17)29/h10-11,14-15,17,26H,3-9H2,1-2H3,(H,27,33)/t14-,15-,17-/m0/s1. The molecule has 0 aliphatic carbocycles. The highest BCUT2D eigenvalue weighted by atomic mass is 35.5. The van der Waals surface area contributed by atoms with Crippen LogP contribution in [0.3, 0.4) is 0 Å². The summed E-state index contributed by atoms with van der Waals surface area (Å²) in [6, 6.07) is 0.624. The van der Waals surface area contributed by atoms with Crippen molar-refractivity contribution in [2.24, 2.45) is 0 Å². The lowest BCUT2D eigenvalue weighted by Gasteiger charge is -2.43. The number of carbonyl (C=O) groups is 4. The molecule has 3 heterocycles. The molecule has 2 aliphatic heterocycles. The van der Waals surface area contributed by atoms with E-state index in [0.717, 1.165) is 0 Å². The number of aromatic nitrogens is 1. The van der Waals surface area contributed by atoms with Crippen LogP contribution in [0.2, 0.25) is 10.0 Å². The van der Waals surface area contributed by atoms with Gasteiger partial charge in [-0.3, -0.25) is 24.2 Å². The van der Waals surface area contributed by atoms with Crippen LogP contribution in [0.1, 0.15) is 56.1 Å². The summed E-state index contributed by atoms with van der Waals surface area (Å²) in [5.74, 6) is -1.73. The lowest BCUT2D eigenvalue weighted by molar-refractivity contribution is -0.176. The predicted octanol–water partition coefficient (Wildman–Crippen LogP) is 2.72. The summed E-state index contributed by atoms with van der Waals surface area (Å²) in [6.07, 6.45) is 2.44. The quantitative estimate of drug-likeness (QED) is 0.534. The number of ketones is 1. The van der Waals surface area contributed by atoms with E-state index in [4.69, 9.17) is 27.6 Å². The van der Waals surface area contributed by atoms with E-state index >= 15 is 0 Å². The van der Waals surface area contributed by atoms with Crippen LogP contribution in [0, 0.1) is 0 Å². The molecule has 188 valence electrons. The highest BCUT2D eigenvalue weighted by Gasteiger charge is 2.44. The van der Waals surface area contributed by atoms with Gasteiger partial charge in [0.1, 0.15) is 11.6 Å². The Kier molecular flexibility index (Phi) is 7.63. The summed E-state index contributed by atoms with van der Waals surface area (Å²) < 4.78 is 5.60. The van der Waals surface area contributed by atoms with Crippen molar-refractivity contribution in [3.05, 3.63) is 28.1 Å². The number of halogens is 2. The number of rotatable bonds is 7. The van der Waals surface area contributed by atoms with Crippen molar-refractivity contribution in [3.8, 4) is 0 Å². The van der Waals surface area contributed by atoms with Gasteiger partial charge in [-0.15, -0.1) is 0 Å². The van der Waals surface area contributed by atoms with Crippen molar-refractivity contribution in [1.82, 2.24) is 25.6 Å². The second kappa shape index (κ2) is 10.5. The zero-order valence-corrected chi connectivity index (χ0v) is 21.0. The van der Waals surface area contributed by atoms with Gasteiger partial charge in [-0.1, -0.05) is 36.5 Å². The second-order valence-electron chi connectivity index (χ2n) is 8.71. The van der Waals surface area contributed by atoms with Gasteiger partial charge in [0.2, 0.25) is 17.6 Å². The Balaban J connectivity index is 1.58. The van der Waals surface area contributed by atoms with Crippen LogP contribution in [-0.2, 0) is 14.4 Å². The summed E-state index contributed by atoms with van der Waals surface area (Å²) >= 11 is 12.2. The minimum absolute atomic E-state index is 0.190. The molecule has 2 N–H and O–H groups in total. The second-order valence-corrected chi connectivity index (χ2v) is 9.55. The zero-order valence-electron chi connectivity index (χ0n) is 19.5. The van der Waals surface area contributed by atoms with Crippen molar-refractivity contribution in [2.45, 2.75) is 63.6 Å². The normalized spacial score (nSPS) is 21.6. The molecule has 3 amide bonds. The van der Waals surface area contributed by atoms with Gasteiger partial charge in [-0.2, -0.15) is 0 Å². The Labute approximate surface area is 212 Å². The van der Waals surface area contributed by atoms with Crippen LogP contribution in [0.15, 0.2) is 16.5 Å². The summed E-state index contributed by atoms with van der Waals surface area (Å²) in [7, 11) is 1.65. The zero-order chi connectivity index (χ0) is 25.3. The lowest BCUT2D eigenvalue weighted by atomic mass is 10.0. The van der Waals surface area contributed by atoms with Crippen LogP contribution in [0.4, 0.5) is 0 Å². The molecule has 10 nitrogen and oxygen atoms in total. The van der Waals surface area contributed by atoms with E-state index in [1.807, 2.05) is 6.92 Å². The molecule has 0 spiro atoms. The number of Topliss-reactive ketones (excluding diaryl/α,β-unsaturated/α-hetero) is 1. The van der Waals surface area contributed by atoms with Crippen LogP contribution in [0.5, 0.6) is 0 Å². The van der Waals surface area contributed by atoms with Crippen molar-refractivity contribution < 1.29 is 23.6 Å². The number of hydrogen-bond acceptors (Lipinski definition) is 7. The van der Waals surface area contributed by atoms with Gasteiger partial charge in [-0.25, -0.2) is 9.99 Å². The van der Waals surface area contributed by atoms with Crippen LogP contribution in [-0.4, -0.2) is 70.2 Å². The van der Waals surface area contributed by atoms with Gasteiger partial charge >= 0.3 is 0 Å². The predicted molar refractivity (Wildman–Crippen MR) is 129 cm³/mol. The minimum Gasteiger partial charge on any atom is -0.432 e. The lowest BCUT2D eigenvalue weighted by Crippen LogP contribution is -2.64. The van der Waals surface area contributed by atoms with E-state index in [1.54, 1.807) is 7.05 Å². The summed E-state index contributed by atoms with van der Waals surface area (Å²) in [5, 5.41) is 8.93. The van der Waals surface area contributed by atoms with E-state index in [2.05, 4.69) is 15.6 Å². The average molecular weight is 524 g/mol. The third kappa shape index (κ3) is 5.00. The van der Waals surface area contributed by atoms with E-state index < -0.39 is 29.8 Å². The Bertz CT molecular complexity index is 1170. The van der Waals surface area contributed by atoms with E-state index in [9.17, 15) is 19.2 Å². The van der Waals surface area contributed by atoms with Crippen molar-refractivity contribution in [1.29, 1.82) is 0 Å². The van der Waals surface area contributed by atoms with E-state index in [-0.39, 0.29) is 34.7 Å². The molecule has 2 aromatic rings. The Morgan fingerprint density at radius 2 is 2.03 bits per heavy atom. The fourth-order valence-electron chi connectivity index (χ4n) is 4.58. The van der Waals surface area contributed by atoms with Gasteiger partial charge in [0, 0.05) is 18.0 Å². The fourth-order valence-corrected chi connectivity index (χ4v) is 5.10. The maximum Gasteiger partial charge on any atom is 0.266 e. The molecular formula is C23H27Cl2N5O5. The highest BCUT2D eigenvalue weighted by molar-refractivity contribution is 6.38. The van der Waals surface area contributed by atoms with E-state index in [1.165, 1.54) is 22.2 Å². The molecule has 2 fully saturated rings. The first kappa shape index (κ1) is 25.4. The summed E-state index contributed by atoms with van der Waals surface area (Å²) in [5.41, 5.74) is 0.567. The van der Waals surface area contributed by atoms with Crippen LogP contribution >= 0.6 is 23.2 Å². The number of hydrogen-bond donors (Lipinski definition) is 2. The molecule has 35 heavy (non-hydrogen) atoms. The maximum atomic E-state index is 13.4. The van der Waals surface area contributed by atoms with Crippen LogP contribution < -0.4 is 10.6 Å². The first-order chi connectivity index (χ1) is 16.7. The van der Waals surface area contributed by atoms with Crippen molar-refractivity contribution in [3.63, 3.8) is 0 Å². The van der Waals surface area contributed by atoms with E-state index in [0.29, 0.717) is 49.2 Å². The number of hydrazine groups is 1. The minimum atomic E-state index is -0.928. The maximum absolute atomic E-state index is 13.4. The number of nitrogens with zero attached hydrogens (tertiary/aromatic N) is 3. The number of nitrogens with one attached hydrogen (secondary N) is 2. The topological polar surface area (TPSA) is 125 Å². The number of fused-ring (bicyclic) bond motifs is 2. The number of likely N-dealkylation sites (N-methyl/N-ethyl adjacent to an activating group) is 1. The molecule has 2 aliphatic rings. The molecule has 3 atom stereocenters. The number of benzene rings is 1. The molecule has 0 saturated carbocycles. The Morgan fingerprint density at radius 1 is 1.26 bits per heavy atom. The van der Waals surface area contributed by atoms with Crippen molar-refractivity contribution in [2.75, 3.05) is 13.6 Å². The summed E-state index contributed by atoms with van der Waals surface area (Å²) in [4.78, 5) is 56.7. The highest BCUT2D eigenvalue weighted by Crippen LogP contribution is 2.29. The molecule has 0 radical (unpaired) electrons. The molecule has 0 bridgehead atoms. The first-order valence-corrected chi connectivity index (χ1v) is 12.4. The molecule has 1 aromatic carbocycles. The molecule has 4 rings (SSSR count). The van der Waals surface area contributed by atoms with Crippen molar-refractivity contribution >= 4 is 57.8 Å². The third-order valence-corrected chi connectivity index (χ3v) is 6.84.